The Bertz CT molecular complexity index is 342. The van der Waals surface area contributed by atoms with E-state index in [0.29, 0.717) is 32.0 Å². The Morgan fingerprint density at radius 3 is 2.11 bits per heavy atom. The molecule has 102 valence electrons. The van der Waals surface area contributed by atoms with Crippen LogP contribution in [0.5, 0.6) is 0 Å². The summed E-state index contributed by atoms with van der Waals surface area (Å²) in [7, 11) is 4.10. The van der Waals surface area contributed by atoms with Gasteiger partial charge in [0.2, 0.25) is 5.91 Å². The molecular weight excluding hydrogens is 232 g/mol. The van der Waals surface area contributed by atoms with E-state index in [-0.39, 0.29) is 5.91 Å². The van der Waals surface area contributed by atoms with Gasteiger partial charge < -0.3 is 14.9 Å². The lowest BCUT2D eigenvalue weighted by Crippen LogP contribution is -2.55. The van der Waals surface area contributed by atoms with Crippen molar-refractivity contribution in [2.24, 2.45) is 5.41 Å². The van der Waals surface area contributed by atoms with Crippen molar-refractivity contribution in [2.45, 2.75) is 38.1 Å². The Balaban J connectivity index is 1.97. The fourth-order valence-electron chi connectivity index (χ4n) is 2.94. The minimum atomic E-state index is -1.09. The number of nitrogens with zero attached hydrogens (tertiary/aromatic N) is 2. The fraction of sp³-hybridized carbons (Fsp3) is 0.846. The van der Waals surface area contributed by atoms with Gasteiger partial charge in [0.25, 0.3) is 0 Å². The van der Waals surface area contributed by atoms with Crippen molar-refractivity contribution < 1.29 is 14.7 Å². The average Bonchev–Trinajstić information content (AvgIpc) is 2.27. The Hall–Kier alpha value is -1.10. The zero-order chi connectivity index (χ0) is 13.3. The summed E-state index contributed by atoms with van der Waals surface area (Å²) in [5.74, 6) is -1.09. The van der Waals surface area contributed by atoms with Crippen LogP contribution >= 0.6 is 0 Å². The van der Waals surface area contributed by atoms with Gasteiger partial charge in [0, 0.05) is 19.1 Å². The first kappa shape index (κ1) is 13.3. The molecule has 5 nitrogen and oxygen atoms in total. The Kier molecular flexibility index (Phi) is 3.61. The maximum absolute atomic E-state index is 12.4. The van der Waals surface area contributed by atoms with E-state index >= 15 is 0 Å². The average molecular weight is 254 g/mol. The summed E-state index contributed by atoms with van der Waals surface area (Å²) in [5.41, 5.74) is -1.09. The molecule has 0 aromatic rings. The van der Waals surface area contributed by atoms with E-state index in [9.17, 15) is 14.7 Å². The number of piperidine rings is 1. The third kappa shape index (κ3) is 2.11. The molecule has 1 aliphatic heterocycles. The molecule has 0 spiro atoms. The van der Waals surface area contributed by atoms with Crippen LogP contribution < -0.4 is 0 Å². The molecule has 1 amide bonds. The summed E-state index contributed by atoms with van der Waals surface area (Å²) in [6.07, 6.45) is 3.75. The number of carboxylic acids is 1. The molecule has 0 aromatic carbocycles. The highest BCUT2D eigenvalue weighted by atomic mass is 16.4. The van der Waals surface area contributed by atoms with Crippen molar-refractivity contribution in [3.63, 3.8) is 0 Å². The van der Waals surface area contributed by atoms with Gasteiger partial charge in [-0.1, -0.05) is 6.42 Å². The number of carbonyl (C=O) groups excluding carboxylic acids is 1. The van der Waals surface area contributed by atoms with Crippen LogP contribution in [-0.2, 0) is 9.59 Å². The SMILES string of the molecule is CN(C)C1CCN(C(=O)C2(C(=O)O)CCC2)CC1. The lowest BCUT2D eigenvalue weighted by atomic mass is 9.67. The largest absolute Gasteiger partial charge is 0.480 e. The number of amides is 1. The van der Waals surface area contributed by atoms with Gasteiger partial charge in [-0.2, -0.15) is 0 Å². The minimum absolute atomic E-state index is 0.154. The normalized spacial score (nSPS) is 23.8. The van der Waals surface area contributed by atoms with E-state index in [4.69, 9.17) is 0 Å². The second kappa shape index (κ2) is 4.88. The van der Waals surface area contributed by atoms with Gasteiger partial charge in [0.15, 0.2) is 0 Å². The molecule has 0 bridgehead atoms. The highest BCUT2D eigenvalue weighted by molar-refractivity contribution is 6.02. The van der Waals surface area contributed by atoms with Gasteiger partial charge in [-0.05, 0) is 39.8 Å². The lowest BCUT2D eigenvalue weighted by Gasteiger charge is -2.43. The van der Waals surface area contributed by atoms with Crippen molar-refractivity contribution in [3.8, 4) is 0 Å². The van der Waals surface area contributed by atoms with E-state index in [1.165, 1.54) is 0 Å². The predicted molar refractivity (Wildman–Crippen MR) is 67.2 cm³/mol. The fourth-order valence-corrected chi connectivity index (χ4v) is 2.94. The van der Waals surface area contributed by atoms with Crippen LogP contribution in [0.25, 0.3) is 0 Å². The second-order valence-corrected chi connectivity index (χ2v) is 5.73. The molecule has 0 radical (unpaired) electrons. The maximum Gasteiger partial charge on any atom is 0.319 e. The van der Waals surface area contributed by atoms with Gasteiger partial charge in [-0.15, -0.1) is 0 Å². The van der Waals surface area contributed by atoms with Gasteiger partial charge in [-0.25, -0.2) is 0 Å². The summed E-state index contributed by atoms with van der Waals surface area (Å²) < 4.78 is 0. The molecule has 0 unspecified atom stereocenters. The number of likely N-dealkylation sites (tertiary alicyclic amines) is 1. The number of rotatable bonds is 3. The van der Waals surface area contributed by atoms with Crippen molar-refractivity contribution in [1.29, 1.82) is 0 Å². The molecule has 5 heteroatoms. The molecule has 0 atom stereocenters. The van der Waals surface area contributed by atoms with Crippen molar-refractivity contribution in [2.75, 3.05) is 27.2 Å². The van der Waals surface area contributed by atoms with Crippen LogP contribution in [0.1, 0.15) is 32.1 Å². The number of hydrogen-bond acceptors (Lipinski definition) is 3. The summed E-state index contributed by atoms with van der Waals surface area (Å²) in [4.78, 5) is 27.6. The number of aliphatic carboxylic acids is 1. The lowest BCUT2D eigenvalue weighted by molar-refractivity contribution is -0.168. The first-order chi connectivity index (χ1) is 8.47. The predicted octanol–water partition coefficient (Wildman–Crippen LogP) is 0.794. The molecule has 1 N–H and O–H groups in total. The van der Waals surface area contributed by atoms with Crippen LogP contribution in [0, 0.1) is 5.41 Å². The highest BCUT2D eigenvalue weighted by Gasteiger charge is 2.53. The van der Waals surface area contributed by atoms with Crippen LogP contribution in [0.4, 0.5) is 0 Å². The quantitative estimate of drug-likeness (QED) is 0.757. The van der Waals surface area contributed by atoms with Crippen LogP contribution in [0.3, 0.4) is 0 Å². The van der Waals surface area contributed by atoms with Crippen molar-refractivity contribution in [1.82, 2.24) is 9.80 Å². The molecule has 1 aliphatic carbocycles. The number of hydrogen-bond donors (Lipinski definition) is 1. The first-order valence-corrected chi connectivity index (χ1v) is 6.66. The zero-order valence-electron chi connectivity index (χ0n) is 11.2. The third-order valence-corrected chi connectivity index (χ3v) is 4.51. The van der Waals surface area contributed by atoms with E-state index in [1.54, 1.807) is 4.90 Å². The van der Waals surface area contributed by atoms with Gasteiger partial charge >= 0.3 is 5.97 Å². The molecule has 0 aromatic heterocycles. The molecular formula is C13H22N2O3. The van der Waals surface area contributed by atoms with E-state index < -0.39 is 11.4 Å². The molecule has 2 fully saturated rings. The van der Waals surface area contributed by atoms with Crippen molar-refractivity contribution >= 4 is 11.9 Å². The number of carboxylic acid groups (broad SMARTS) is 1. The molecule has 2 aliphatic rings. The van der Waals surface area contributed by atoms with Crippen LogP contribution in [0.15, 0.2) is 0 Å². The van der Waals surface area contributed by atoms with Crippen LogP contribution in [-0.4, -0.2) is 60.0 Å². The van der Waals surface area contributed by atoms with Gasteiger partial charge in [0.1, 0.15) is 5.41 Å². The summed E-state index contributed by atoms with van der Waals surface area (Å²) >= 11 is 0. The van der Waals surface area contributed by atoms with E-state index in [1.807, 2.05) is 14.1 Å². The third-order valence-electron chi connectivity index (χ3n) is 4.51. The first-order valence-electron chi connectivity index (χ1n) is 6.66. The molecule has 1 heterocycles. The molecule has 1 saturated heterocycles. The van der Waals surface area contributed by atoms with E-state index in [2.05, 4.69) is 4.90 Å². The topological polar surface area (TPSA) is 60.9 Å². The second-order valence-electron chi connectivity index (χ2n) is 5.73. The highest BCUT2D eigenvalue weighted by Crippen LogP contribution is 2.43. The maximum atomic E-state index is 12.4. The zero-order valence-corrected chi connectivity index (χ0v) is 11.2. The summed E-state index contributed by atoms with van der Waals surface area (Å²) in [6.45, 7) is 1.38. The molecule has 1 saturated carbocycles. The Morgan fingerprint density at radius 2 is 1.78 bits per heavy atom. The van der Waals surface area contributed by atoms with Gasteiger partial charge in [0.05, 0.1) is 0 Å². The number of carbonyl (C=O) groups is 2. The van der Waals surface area contributed by atoms with Crippen LogP contribution in [0.2, 0.25) is 0 Å². The van der Waals surface area contributed by atoms with Gasteiger partial charge in [-0.3, -0.25) is 9.59 Å². The minimum Gasteiger partial charge on any atom is -0.480 e. The smallest absolute Gasteiger partial charge is 0.319 e. The van der Waals surface area contributed by atoms with Crippen molar-refractivity contribution in [3.05, 3.63) is 0 Å². The Morgan fingerprint density at radius 1 is 1.22 bits per heavy atom. The summed E-state index contributed by atoms with van der Waals surface area (Å²) in [6, 6.07) is 0.510. The molecule has 18 heavy (non-hydrogen) atoms. The standard InChI is InChI=1S/C13H22N2O3/c1-14(2)10-4-8-15(9-5-10)11(16)13(12(17)18)6-3-7-13/h10H,3-9H2,1-2H3,(H,17,18). The van der Waals surface area contributed by atoms with E-state index in [0.717, 1.165) is 19.3 Å². The molecule has 2 rings (SSSR count). The summed E-state index contributed by atoms with van der Waals surface area (Å²) in [5, 5.41) is 9.27. The Labute approximate surface area is 108 Å². The monoisotopic (exact) mass is 254 g/mol.